The van der Waals surface area contributed by atoms with E-state index < -0.39 is 11.6 Å². The minimum Gasteiger partial charge on any atom is -0.326 e. The minimum absolute atomic E-state index is 0.0672. The average molecular weight is 296 g/mol. The van der Waals surface area contributed by atoms with E-state index in [2.05, 4.69) is 18.7 Å². The molecule has 1 fully saturated rings. The summed E-state index contributed by atoms with van der Waals surface area (Å²) in [5, 5.41) is 0. The van der Waals surface area contributed by atoms with Gasteiger partial charge in [-0.05, 0) is 44.0 Å². The fraction of sp³-hybridized carbons (Fsp3) is 0.647. The molecule has 0 radical (unpaired) electrons. The highest BCUT2D eigenvalue weighted by atomic mass is 19.2. The van der Waals surface area contributed by atoms with Crippen LogP contribution in [0.4, 0.5) is 8.78 Å². The van der Waals surface area contributed by atoms with Crippen LogP contribution < -0.4 is 5.73 Å². The molecule has 2 N–H and O–H groups in total. The number of nitrogens with zero attached hydrogens (tertiary/aromatic N) is 1. The molecule has 0 heterocycles. The number of rotatable bonds is 6. The van der Waals surface area contributed by atoms with E-state index in [1.165, 1.54) is 0 Å². The van der Waals surface area contributed by atoms with E-state index in [-0.39, 0.29) is 11.6 Å². The van der Waals surface area contributed by atoms with Gasteiger partial charge in [0.1, 0.15) is 0 Å². The molecule has 21 heavy (non-hydrogen) atoms. The van der Waals surface area contributed by atoms with Gasteiger partial charge >= 0.3 is 0 Å². The molecular weight excluding hydrogens is 270 g/mol. The van der Waals surface area contributed by atoms with Gasteiger partial charge in [0.25, 0.3) is 0 Å². The molecule has 0 spiro atoms. The van der Waals surface area contributed by atoms with Crippen molar-refractivity contribution in [1.82, 2.24) is 4.90 Å². The Hall–Kier alpha value is -1.00. The summed E-state index contributed by atoms with van der Waals surface area (Å²) in [6, 6.07) is 4.18. The molecule has 0 amide bonds. The van der Waals surface area contributed by atoms with Gasteiger partial charge in [-0.2, -0.15) is 0 Å². The van der Waals surface area contributed by atoms with Gasteiger partial charge in [-0.15, -0.1) is 0 Å². The lowest BCUT2D eigenvalue weighted by atomic mass is 9.83. The normalized spacial score (nSPS) is 19.1. The molecule has 0 saturated heterocycles. The van der Waals surface area contributed by atoms with Crippen LogP contribution in [0.1, 0.15) is 45.1 Å². The van der Waals surface area contributed by atoms with Gasteiger partial charge in [-0.3, -0.25) is 4.90 Å². The third kappa shape index (κ3) is 3.11. The van der Waals surface area contributed by atoms with E-state index in [0.29, 0.717) is 12.0 Å². The van der Waals surface area contributed by atoms with Crippen LogP contribution in [0, 0.1) is 11.6 Å². The molecular formula is C17H26F2N2. The van der Waals surface area contributed by atoms with Crippen LogP contribution in [-0.2, 0) is 6.42 Å². The number of likely N-dealkylation sites (N-methyl/N-ethyl adjacent to an activating group) is 1. The molecule has 1 atom stereocenters. The average Bonchev–Trinajstić information content (AvgIpc) is 2.96. The minimum atomic E-state index is -0.789. The third-order valence-corrected chi connectivity index (χ3v) is 5.02. The standard InChI is InChI=1S/C17H26F2N2/c1-3-21(4-2)17(10-5-6-11-17)15(20)12-13-8-7-9-14(18)16(13)19/h7-9,15H,3-6,10-12,20H2,1-2H3. The zero-order chi connectivity index (χ0) is 15.5. The molecule has 1 saturated carbocycles. The van der Waals surface area contributed by atoms with Crippen molar-refractivity contribution in [3.05, 3.63) is 35.4 Å². The van der Waals surface area contributed by atoms with Crippen molar-refractivity contribution in [2.45, 2.75) is 57.5 Å². The first-order valence-corrected chi connectivity index (χ1v) is 7.98. The van der Waals surface area contributed by atoms with Crippen molar-refractivity contribution >= 4 is 0 Å². The van der Waals surface area contributed by atoms with Crippen LogP contribution in [0.2, 0.25) is 0 Å². The summed E-state index contributed by atoms with van der Waals surface area (Å²) >= 11 is 0. The fourth-order valence-electron chi connectivity index (χ4n) is 3.90. The zero-order valence-electron chi connectivity index (χ0n) is 13.0. The molecule has 0 aromatic heterocycles. The summed E-state index contributed by atoms with van der Waals surface area (Å²) in [6.07, 6.45) is 4.81. The molecule has 1 aliphatic carbocycles. The molecule has 2 rings (SSSR count). The third-order valence-electron chi connectivity index (χ3n) is 5.02. The quantitative estimate of drug-likeness (QED) is 0.870. The molecule has 0 bridgehead atoms. The van der Waals surface area contributed by atoms with Crippen LogP contribution in [0.25, 0.3) is 0 Å². The number of hydrogen-bond donors (Lipinski definition) is 1. The zero-order valence-corrected chi connectivity index (χ0v) is 13.0. The molecule has 1 aliphatic rings. The first-order valence-electron chi connectivity index (χ1n) is 7.98. The second-order valence-electron chi connectivity index (χ2n) is 6.01. The molecule has 0 aliphatic heterocycles. The lowest BCUT2D eigenvalue weighted by Gasteiger charge is -2.45. The molecule has 1 aromatic rings. The molecule has 4 heteroatoms. The van der Waals surface area contributed by atoms with Gasteiger partial charge < -0.3 is 5.73 Å². The molecule has 1 aromatic carbocycles. The summed E-state index contributed by atoms with van der Waals surface area (Å²) < 4.78 is 27.3. The second-order valence-corrected chi connectivity index (χ2v) is 6.01. The van der Waals surface area contributed by atoms with Crippen LogP contribution in [-0.4, -0.2) is 29.6 Å². The Bertz CT molecular complexity index is 466. The van der Waals surface area contributed by atoms with Gasteiger partial charge in [-0.25, -0.2) is 8.78 Å². The van der Waals surface area contributed by atoms with Crippen molar-refractivity contribution in [2.75, 3.05) is 13.1 Å². The number of nitrogens with two attached hydrogens (primary N) is 1. The van der Waals surface area contributed by atoms with Crippen molar-refractivity contribution in [3.63, 3.8) is 0 Å². The second kappa shape index (κ2) is 6.84. The predicted molar refractivity (Wildman–Crippen MR) is 82.2 cm³/mol. The van der Waals surface area contributed by atoms with Crippen LogP contribution in [0.3, 0.4) is 0 Å². The van der Waals surface area contributed by atoms with Crippen molar-refractivity contribution < 1.29 is 8.78 Å². The monoisotopic (exact) mass is 296 g/mol. The highest BCUT2D eigenvalue weighted by molar-refractivity contribution is 5.21. The summed E-state index contributed by atoms with van der Waals surface area (Å²) in [5.41, 5.74) is 6.81. The maximum Gasteiger partial charge on any atom is 0.162 e. The SMILES string of the molecule is CCN(CC)C1(C(N)Cc2cccc(F)c2F)CCCC1. The van der Waals surface area contributed by atoms with Crippen LogP contribution in [0.5, 0.6) is 0 Å². The van der Waals surface area contributed by atoms with Gasteiger partial charge in [0, 0.05) is 11.6 Å². The first-order chi connectivity index (χ1) is 10.0. The van der Waals surface area contributed by atoms with Gasteiger partial charge in [-0.1, -0.05) is 38.8 Å². The largest absolute Gasteiger partial charge is 0.326 e. The van der Waals surface area contributed by atoms with E-state index in [9.17, 15) is 8.78 Å². The first kappa shape index (κ1) is 16.4. The van der Waals surface area contributed by atoms with Crippen LogP contribution >= 0.6 is 0 Å². The van der Waals surface area contributed by atoms with E-state index >= 15 is 0 Å². The van der Waals surface area contributed by atoms with Crippen LogP contribution in [0.15, 0.2) is 18.2 Å². The van der Waals surface area contributed by atoms with Crippen molar-refractivity contribution in [3.8, 4) is 0 Å². The highest BCUT2D eigenvalue weighted by Gasteiger charge is 2.43. The smallest absolute Gasteiger partial charge is 0.162 e. The predicted octanol–water partition coefficient (Wildman–Crippen LogP) is 3.49. The summed E-state index contributed by atoms with van der Waals surface area (Å²) in [5.74, 6) is -1.54. The lowest BCUT2D eigenvalue weighted by molar-refractivity contribution is 0.0768. The van der Waals surface area contributed by atoms with E-state index in [0.717, 1.165) is 44.8 Å². The Kier molecular flexibility index (Phi) is 5.33. The molecule has 2 nitrogen and oxygen atoms in total. The van der Waals surface area contributed by atoms with Gasteiger partial charge in [0.15, 0.2) is 11.6 Å². The summed E-state index contributed by atoms with van der Waals surface area (Å²) in [6.45, 7) is 6.16. The Morgan fingerprint density at radius 2 is 1.81 bits per heavy atom. The maximum atomic E-state index is 13.9. The fourth-order valence-corrected chi connectivity index (χ4v) is 3.90. The number of benzene rings is 1. The maximum absolute atomic E-state index is 13.9. The summed E-state index contributed by atoms with van der Waals surface area (Å²) in [4.78, 5) is 2.40. The number of hydrogen-bond acceptors (Lipinski definition) is 2. The van der Waals surface area contributed by atoms with E-state index in [1.54, 1.807) is 12.1 Å². The molecule has 1 unspecified atom stereocenters. The van der Waals surface area contributed by atoms with Gasteiger partial charge in [0.2, 0.25) is 0 Å². The summed E-state index contributed by atoms with van der Waals surface area (Å²) in [7, 11) is 0. The van der Waals surface area contributed by atoms with E-state index in [4.69, 9.17) is 5.73 Å². The topological polar surface area (TPSA) is 29.3 Å². The Balaban J connectivity index is 2.23. The Morgan fingerprint density at radius 3 is 2.38 bits per heavy atom. The lowest BCUT2D eigenvalue weighted by Crippen LogP contribution is -2.59. The van der Waals surface area contributed by atoms with Crippen molar-refractivity contribution in [1.29, 1.82) is 0 Å². The number of halogens is 2. The van der Waals surface area contributed by atoms with Crippen molar-refractivity contribution in [2.24, 2.45) is 5.73 Å². The highest BCUT2D eigenvalue weighted by Crippen LogP contribution is 2.38. The van der Waals surface area contributed by atoms with Gasteiger partial charge in [0.05, 0.1) is 0 Å². The Morgan fingerprint density at radius 1 is 1.19 bits per heavy atom. The molecule has 118 valence electrons. The Labute approximate surface area is 126 Å². The van der Waals surface area contributed by atoms with E-state index in [1.807, 2.05) is 0 Å².